The lowest BCUT2D eigenvalue weighted by Gasteiger charge is -2.35. The van der Waals surface area contributed by atoms with Crippen molar-refractivity contribution in [2.75, 3.05) is 19.8 Å². The van der Waals surface area contributed by atoms with E-state index in [-0.39, 0.29) is 13.2 Å². The van der Waals surface area contributed by atoms with Gasteiger partial charge in [0.2, 0.25) is 0 Å². The molecule has 0 radical (unpaired) electrons. The highest BCUT2D eigenvalue weighted by molar-refractivity contribution is 4.86. The monoisotopic (exact) mass is 372 g/mol. The van der Waals surface area contributed by atoms with Gasteiger partial charge in [-0.2, -0.15) is 0 Å². The van der Waals surface area contributed by atoms with Crippen molar-refractivity contribution in [3.8, 4) is 0 Å². The number of allylic oxidation sites excluding steroid dienone is 2. The van der Waals surface area contributed by atoms with Crippen molar-refractivity contribution in [1.82, 2.24) is 0 Å². The van der Waals surface area contributed by atoms with E-state index in [9.17, 15) is 15.3 Å². The van der Waals surface area contributed by atoms with Gasteiger partial charge in [-0.25, -0.2) is 0 Å². The van der Waals surface area contributed by atoms with E-state index in [2.05, 4.69) is 19.1 Å². The minimum absolute atomic E-state index is 0.0437. The molecule has 3 N–H and O–H groups in total. The van der Waals surface area contributed by atoms with Crippen LogP contribution in [0.25, 0.3) is 0 Å². The summed E-state index contributed by atoms with van der Waals surface area (Å²) in [4.78, 5) is 0. The molecule has 0 amide bonds. The summed E-state index contributed by atoms with van der Waals surface area (Å²) in [5.74, 6) is 0. The fourth-order valence-corrected chi connectivity index (χ4v) is 3.26. The number of aliphatic hydroxyl groups excluding tert-OH is 3. The zero-order chi connectivity index (χ0) is 19.0. The number of aliphatic hydroxyl groups is 3. The van der Waals surface area contributed by atoms with E-state index < -0.39 is 24.4 Å². The SMILES string of the molecule is C/C=C/CCCCCCCCCCCCOC[C@H]1OC[C@H](O)[C@@H](O)[C@@H]1O. The van der Waals surface area contributed by atoms with Crippen LogP contribution < -0.4 is 0 Å². The molecule has 0 aromatic carbocycles. The quantitative estimate of drug-likeness (QED) is 0.303. The molecule has 1 aliphatic rings. The molecule has 0 bridgehead atoms. The van der Waals surface area contributed by atoms with E-state index in [1.807, 2.05) is 0 Å². The predicted molar refractivity (Wildman–Crippen MR) is 104 cm³/mol. The third-order valence-corrected chi connectivity index (χ3v) is 5.03. The van der Waals surface area contributed by atoms with Crippen molar-refractivity contribution in [1.29, 1.82) is 0 Å². The molecule has 154 valence electrons. The molecule has 0 unspecified atom stereocenters. The average Bonchev–Trinajstić information content (AvgIpc) is 2.64. The fourth-order valence-electron chi connectivity index (χ4n) is 3.26. The summed E-state index contributed by atoms with van der Waals surface area (Å²) >= 11 is 0. The van der Waals surface area contributed by atoms with Crippen molar-refractivity contribution < 1.29 is 24.8 Å². The molecule has 0 aromatic rings. The van der Waals surface area contributed by atoms with Gasteiger partial charge in [0, 0.05) is 6.61 Å². The van der Waals surface area contributed by atoms with Gasteiger partial charge < -0.3 is 24.8 Å². The van der Waals surface area contributed by atoms with E-state index in [0.717, 1.165) is 6.42 Å². The smallest absolute Gasteiger partial charge is 0.111 e. The Bertz CT molecular complexity index is 347. The maximum absolute atomic E-state index is 9.81. The number of ether oxygens (including phenoxy) is 2. The van der Waals surface area contributed by atoms with E-state index in [1.54, 1.807) is 0 Å². The maximum Gasteiger partial charge on any atom is 0.111 e. The van der Waals surface area contributed by atoms with E-state index >= 15 is 0 Å². The van der Waals surface area contributed by atoms with Crippen molar-refractivity contribution >= 4 is 0 Å². The van der Waals surface area contributed by atoms with Crippen LogP contribution in [-0.4, -0.2) is 59.6 Å². The molecule has 1 saturated heterocycles. The standard InChI is InChI=1S/C21H40O5/c1-2-3-4-5-6-7-8-9-10-11-12-13-14-15-25-17-19-21(24)20(23)18(22)16-26-19/h2-3,18-24H,4-17H2,1H3/b3-2+/t18-,19+,20+,21+/m0/s1. The molecule has 1 heterocycles. The third kappa shape index (κ3) is 10.6. The molecule has 5 nitrogen and oxygen atoms in total. The van der Waals surface area contributed by atoms with Crippen LogP contribution in [0.2, 0.25) is 0 Å². The summed E-state index contributed by atoms with van der Waals surface area (Å²) in [6.45, 7) is 3.04. The second-order valence-corrected chi connectivity index (χ2v) is 7.39. The molecular weight excluding hydrogens is 332 g/mol. The van der Waals surface area contributed by atoms with Gasteiger partial charge in [-0.15, -0.1) is 0 Å². The first-order valence-electron chi connectivity index (χ1n) is 10.5. The Labute approximate surface area is 159 Å². The molecule has 0 saturated carbocycles. The highest BCUT2D eigenvalue weighted by atomic mass is 16.6. The van der Waals surface area contributed by atoms with Gasteiger partial charge in [-0.3, -0.25) is 0 Å². The molecule has 1 fully saturated rings. The third-order valence-electron chi connectivity index (χ3n) is 5.03. The Morgan fingerprint density at radius 2 is 1.42 bits per heavy atom. The van der Waals surface area contributed by atoms with Gasteiger partial charge >= 0.3 is 0 Å². The molecule has 5 heteroatoms. The zero-order valence-electron chi connectivity index (χ0n) is 16.5. The van der Waals surface area contributed by atoms with E-state index in [0.29, 0.717) is 6.61 Å². The summed E-state index contributed by atoms with van der Waals surface area (Å²) in [6.07, 6.45) is 14.6. The molecule has 1 rings (SSSR count). The van der Waals surface area contributed by atoms with Crippen LogP contribution in [0.5, 0.6) is 0 Å². The van der Waals surface area contributed by atoms with Crippen LogP contribution in [0.1, 0.15) is 77.6 Å². The van der Waals surface area contributed by atoms with Crippen LogP contribution in [-0.2, 0) is 9.47 Å². The lowest BCUT2D eigenvalue weighted by Crippen LogP contribution is -2.54. The molecule has 4 atom stereocenters. The highest BCUT2D eigenvalue weighted by Gasteiger charge is 2.37. The van der Waals surface area contributed by atoms with Crippen LogP contribution in [0.3, 0.4) is 0 Å². The second-order valence-electron chi connectivity index (χ2n) is 7.39. The summed E-state index contributed by atoms with van der Waals surface area (Å²) < 4.78 is 10.8. The minimum Gasteiger partial charge on any atom is -0.388 e. The molecular formula is C21H40O5. The zero-order valence-corrected chi connectivity index (χ0v) is 16.5. The number of hydrogen-bond donors (Lipinski definition) is 3. The Kier molecular flexibility index (Phi) is 14.1. The first kappa shape index (κ1) is 23.6. The first-order chi connectivity index (χ1) is 12.7. The summed E-state index contributed by atoms with van der Waals surface area (Å²) in [6, 6.07) is 0. The Morgan fingerprint density at radius 3 is 2.04 bits per heavy atom. The Balaban J connectivity index is 1.81. The van der Waals surface area contributed by atoms with Gasteiger partial charge in [-0.05, 0) is 26.2 Å². The summed E-state index contributed by atoms with van der Waals surface area (Å²) in [7, 11) is 0. The van der Waals surface area contributed by atoms with Crippen LogP contribution in [0.15, 0.2) is 12.2 Å². The van der Waals surface area contributed by atoms with Crippen molar-refractivity contribution in [2.45, 2.75) is 102 Å². The van der Waals surface area contributed by atoms with Gasteiger partial charge in [0.1, 0.15) is 24.4 Å². The molecule has 1 aliphatic heterocycles. The molecule has 0 spiro atoms. The van der Waals surface area contributed by atoms with Crippen LogP contribution in [0.4, 0.5) is 0 Å². The Morgan fingerprint density at radius 1 is 0.846 bits per heavy atom. The number of unbranched alkanes of at least 4 members (excludes halogenated alkanes) is 10. The fraction of sp³-hybridized carbons (Fsp3) is 0.905. The minimum atomic E-state index is -1.15. The summed E-state index contributed by atoms with van der Waals surface area (Å²) in [5.41, 5.74) is 0. The van der Waals surface area contributed by atoms with Gasteiger partial charge in [0.05, 0.1) is 13.2 Å². The van der Waals surface area contributed by atoms with E-state index in [1.165, 1.54) is 64.2 Å². The first-order valence-corrected chi connectivity index (χ1v) is 10.5. The van der Waals surface area contributed by atoms with Crippen molar-refractivity contribution in [3.63, 3.8) is 0 Å². The van der Waals surface area contributed by atoms with Crippen molar-refractivity contribution in [3.05, 3.63) is 12.2 Å². The van der Waals surface area contributed by atoms with E-state index in [4.69, 9.17) is 9.47 Å². The average molecular weight is 373 g/mol. The molecule has 0 aromatic heterocycles. The summed E-state index contributed by atoms with van der Waals surface area (Å²) in [5, 5.41) is 28.8. The normalized spacial score (nSPS) is 26.6. The topological polar surface area (TPSA) is 79.2 Å². The molecule has 0 aliphatic carbocycles. The van der Waals surface area contributed by atoms with Gasteiger partial charge in [0.15, 0.2) is 0 Å². The van der Waals surface area contributed by atoms with Gasteiger partial charge in [0.25, 0.3) is 0 Å². The molecule has 26 heavy (non-hydrogen) atoms. The lowest BCUT2D eigenvalue weighted by atomic mass is 10.0. The van der Waals surface area contributed by atoms with Crippen molar-refractivity contribution in [2.24, 2.45) is 0 Å². The van der Waals surface area contributed by atoms with Crippen LogP contribution in [0, 0.1) is 0 Å². The largest absolute Gasteiger partial charge is 0.388 e. The lowest BCUT2D eigenvalue weighted by molar-refractivity contribution is -0.199. The number of rotatable bonds is 15. The predicted octanol–water partition coefficient (Wildman–Crippen LogP) is 3.35. The van der Waals surface area contributed by atoms with Crippen LogP contribution >= 0.6 is 0 Å². The highest BCUT2D eigenvalue weighted by Crippen LogP contribution is 2.16. The van der Waals surface area contributed by atoms with Gasteiger partial charge in [-0.1, -0.05) is 63.5 Å². The maximum atomic E-state index is 9.81. The second kappa shape index (κ2) is 15.6. The number of hydrogen-bond acceptors (Lipinski definition) is 5. The Hall–Kier alpha value is -0.460.